The van der Waals surface area contributed by atoms with E-state index in [1.807, 2.05) is 0 Å². The van der Waals surface area contributed by atoms with Crippen LogP contribution in [0.3, 0.4) is 0 Å². The van der Waals surface area contributed by atoms with E-state index in [1.54, 1.807) is 51.3 Å². The van der Waals surface area contributed by atoms with Crippen molar-refractivity contribution in [3.8, 4) is 5.75 Å². The van der Waals surface area contributed by atoms with Crippen molar-refractivity contribution in [3.63, 3.8) is 0 Å². The SMILES string of the molecule is COc1cc(C)c(S(=O)(=O)NCc2ccc(Cl)cc2Cl)c(C)c1. The van der Waals surface area contributed by atoms with Gasteiger partial charge in [-0.15, -0.1) is 0 Å². The number of nitrogens with one attached hydrogen (secondary N) is 1. The molecule has 7 heteroatoms. The second kappa shape index (κ2) is 7.09. The molecular formula is C16H17Cl2NO3S. The van der Waals surface area contributed by atoms with E-state index >= 15 is 0 Å². The first-order valence-electron chi connectivity index (χ1n) is 6.83. The average molecular weight is 374 g/mol. The maximum Gasteiger partial charge on any atom is 0.241 e. The quantitative estimate of drug-likeness (QED) is 0.858. The zero-order valence-electron chi connectivity index (χ0n) is 13.0. The van der Waals surface area contributed by atoms with Crippen LogP contribution in [0.15, 0.2) is 35.2 Å². The van der Waals surface area contributed by atoms with E-state index in [-0.39, 0.29) is 11.4 Å². The van der Waals surface area contributed by atoms with Crippen molar-refractivity contribution in [3.05, 3.63) is 57.1 Å². The Morgan fingerprint density at radius 3 is 2.22 bits per heavy atom. The molecular weight excluding hydrogens is 357 g/mol. The van der Waals surface area contributed by atoms with Gasteiger partial charge in [0, 0.05) is 16.6 Å². The molecule has 0 heterocycles. The predicted molar refractivity (Wildman–Crippen MR) is 93.0 cm³/mol. The van der Waals surface area contributed by atoms with Gasteiger partial charge in [0.2, 0.25) is 10.0 Å². The van der Waals surface area contributed by atoms with Crippen LogP contribution >= 0.6 is 23.2 Å². The van der Waals surface area contributed by atoms with Gasteiger partial charge in [0.25, 0.3) is 0 Å². The summed E-state index contributed by atoms with van der Waals surface area (Å²) in [5.74, 6) is 0.625. The summed E-state index contributed by atoms with van der Waals surface area (Å²) >= 11 is 11.9. The highest BCUT2D eigenvalue weighted by Crippen LogP contribution is 2.26. The van der Waals surface area contributed by atoms with Crippen molar-refractivity contribution in [2.75, 3.05) is 7.11 Å². The van der Waals surface area contributed by atoms with Gasteiger partial charge in [-0.05, 0) is 54.8 Å². The lowest BCUT2D eigenvalue weighted by molar-refractivity contribution is 0.413. The summed E-state index contributed by atoms with van der Waals surface area (Å²) in [6.07, 6.45) is 0. The van der Waals surface area contributed by atoms with Gasteiger partial charge in [-0.2, -0.15) is 0 Å². The van der Waals surface area contributed by atoms with E-state index in [0.717, 1.165) is 0 Å². The number of sulfonamides is 1. The number of aryl methyl sites for hydroxylation is 2. The average Bonchev–Trinajstić information content (AvgIpc) is 2.45. The molecule has 0 aliphatic heterocycles. The number of ether oxygens (including phenoxy) is 1. The summed E-state index contributed by atoms with van der Waals surface area (Å²) in [6, 6.07) is 8.33. The highest BCUT2D eigenvalue weighted by Gasteiger charge is 2.20. The molecule has 2 rings (SSSR count). The van der Waals surface area contributed by atoms with Crippen molar-refractivity contribution in [1.82, 2.24) is 4.72 Å². The molecule has 124 valence electrons. The van der Waals surface area contributed by atoms with Crippen LogP contribution in [0, 0.1) is 13.8 Å². The molecule has 2 aromatic rings. The Balaban J connectivity index is 2.29. The van der Waals surface area contributed by atoms with E-state index in [1.165, 1.54) is 0 Å². The van der Waals surface area contributed by atoms with E-state index in [9.17, 15) is 8.42 Å². The summed E-state index contributed by atoms with van der Waals surface area (Å²) in [5.41, 5.74) is 1.90. The fourth-order valence-corrected chi connectivity index (χ4v) is 4.29. The number of rotatable bonds is 5. The van der Waals surface area contributed by atoms with Crippen LogP contribution in [-0.4, -0.2) is 15.5 Å². The van der Waals surface area contributed by atoms with Gasteiger partial charge in [-0.25, -0.2) is 13.1 Å². The van der Waals surface area contributed by atoms with Gasteiger partial charge in [0.05, 0.1) is 12.0 Å². The van der Waals surface area contributed by atoms with Crippen molar-refractivity contribution in [1.29, 1.82) is 0 Å². The Labute approximate surface area is 146 Å². The highest BCUT2D eigenvalue weighted by atomic mass is 35.5. The fourth-order valence-electron chi connectivity index (χ4n) is 2.36. The molecule has 0 aromatic heterocycles. The fraction of sp³-hybridized carbons (Fsp3) is 0.250. The second-order valence-electron chi connectivity index (χ2n) is 5.15. The summed E-state index contributed by atoms with van der Waals surface area (Å²) in [6.45, 7) is 3.56. The Hall–Kier alpha value is -1.27. The molecule has 0 radical (unpaired) electrons. The lowest BCUT2D eigenvalue weighted by Crippen LogP contribution is -2.25. The van der Waals surface area contributed by atoms with Crippen molar-refractivity contribution < 1.29 is 13.2 Å². The van der Waals surface area contributed by atoms with Crippen molar-refractivity contribution >= 4 is 33.2 Å². The van der Waals surface area contributed by atoms with Gasteiger partial charge in [0.15, 0.2) is 0 Å². The highest BCUT2D eigenvalue weighted by molar-refractivity contribution is 7.89. The minimum atomic E-state index is -3.67. The minimum absolute atomic E-state index is 0.0866. The molecule has 2 aromatic carbocycles. The molecule has 23 heavy (non-hydrogen) atoms. The van der Waals surface area contributed by atoms with Gasteiger partial charge >= 0.3 is 0 Å². The molecule has 0 bridgehead atoms. The third kappa shape index (κ3) is 4.18. The largest absolute Gasteiger partial charge is 0.497 e. The molecule has 0 saturated heterocycles. The third-order valence-electron chi connectivity index (χ3n) is 3.41. The van der Waals surface area contributed by atoms with Crippen molar-refractivity contribution in [2.45, 2.75) is 25.3 Å². The van der Waals surface area contributed by atoms with Crippen LogP contribution in [0.5, 0.6) is 5.75 Å². The van der Waals surface area contributed by atoms with E-state index in [0.29, 0.717) is 32.5 Å². The number of benzene rings is 2. The maximum atomic E-state index is 12.6. The monoisotopic (exact) mass is 373 g/mol. The first-order chi connectivity index (χ1) is 10.7. The van der Waals surface area contributed by atoms with E-state index in [2.05, 4.69) is 4.72 Å². The summed E-state index contributed by atoms with van der Waals surface area (Å²) < 4.78 is 32.9. The van der Waals surface area contributed by atoms with Gasteiger partial charge in [-0.1, -0.05) is 29.3 Å². The van der Waals surface area contributed by atoms with Crippen LogP contribution in [0.1, 0.15) is 16.7 Å². The van der Waals surface area contributed by atoms with Crippen LogP contribution < -0.4 is 9.46 Å². The number of hydrogen-bond acceptors (Lipinski definition) is 3. The molecule has 0 spiro atoms. The second-order valence-corrected chi connectivity index (χ2v) is 7.70. The topological polar surface area (TPSA) is 55.4 Å². The maximum absolute atomic E-state index is 12.6. The molecule has 0 fully saturated rings. The Morgan fingerprint density at radius 2 is 1.70 bits per heavy atom. The van der Waals surface area contributed by atoms with E-state index in [4.69, 9.17) is 27.9 Å². The zero-order valence-corrected chi connectivity index (χ0v) is 15.3. The van der Waals surface area contributed by atoms with Gasteiger partial charge in [0.1, 0.15) is 5.75 Å². The molecule has 4 nitrogen and oxygen atoms in total. The predicted octanol–water partition coefficient (Wildman–Crippen LogP) is 4.10. The van der Waals surface area contributed by atoms with Crippen LogP contribution in [0.25, 0.3) is 0 Å². The molecule has 1 N–H and O–H groups in total. The lowest BCUT2D eigenvalue weighted by Gasteiger charge is -2.14. The molecule has 0 saturated carbocycles. The summed E-state index contributed by atoms with van der Waals surface area (Å²) in [4.78, 5) is 0.253. The molecule has 0 unspecified atom stereocenters. The molecule has 0 amide bonds. The Morgan fingerprint density at radius 1 is 1.09 bits per heavy atom. The third-order valence-corrected chi connectivity index (χ3v) is 5.70. The van der Waals surface area contributed by atoms with Crippen LogP contribution in [0.2, 0.25) is 10.0 Å². The number of halogens is 2. The molecule has 0 atom stereocenters. The first-order valence-corrected chi connectivity index (χ1v) is 9.07. The number of methoxy groups -OCH3 is 1. The van der Waals surface area contributed by atoms with E-state index < -0.39 is 10.0 Å². The zero-order chi connectivity index (χ0) is 17.2. The molecule has 0 aliphatic carbocycles. The standard InChI is InChI=1S/C16H17Cl2NO3S/c1-10-6-14(22-3)7-11(2)16(10)23(20,21)19-9-12-4-5-13(17)8-15(12)18/h4-8,19H,9H2,1-3H3. The first kappa shape index (κ1) is 18.1. The van der Waals surface area contributed by atoms with Crippen molar-refractivity contribution in [2.24, 2.45) is 0 Å². The Kier molecular flexibility index (Phi) is 5.57. The van der Waals surface area contributed by atoms with Crippen LogP contribution in [0.4, 0.5) is 0 Å². The number of hydrogen-bond donors (Lipinski definition) is 1. The van der Waals surface area contributed by atoms with Gasteiger partial charge < -0.3 is 4.74 Å². The minimum Gasteiger partial charge on any atom is -0.497 e. The normalized spacial score (nSPS) is 11.5. The Bertz CT molecular complexity index is 812. The van der Waals surface area contributed by atoms with Crippen LogP contribution in [-0.2, 0) is 16.6 Å². The lowest BCUT2D eigenvalue weighted by atomic mass is 10.1. The molecule has 0 aliphatic rings. The smallest absolute Gasteiger partial charge is 0.241 e. The summed E-state index contributed by atoms with van der Waals surface area (Å²) in [7, 11) is -2.12. The summed E-state index contributed by atoms with van der Waals surface area (Å²) in [5, 5.41) is 0.923. The van der Waals surface area contributed by atoms with Gasteiger partial charge in [-0.3, -0.25) is 0 Å².